The molecular weight excluding hydrogens is 290 g/mol. The fourth-order valence-corrected chi connectivity index (χ4v) is 1.37. The number of ether oxygens (including phenoxy) is 1. The van der Waals surface area contributed by atoms with E-state index in [1.165, 1.54) is 0 Å². The van der Waals surface area contributed by atoms with Crippen molar-refractivity contribution in [2.75, 3.05) is 7.05 Å². The summed E-state index contributed by atoms with van der Waals surface area (Å²) in [5.74, 6) is -2.72. The Balaban J connectivity index is 0. The highest BCUT2D eigenvalue weighted by Crippen LogP contribution is 2.13. The molecule has 0 aromatic carbocycles. The first kappa shape index (κ1) is 22.8. The molecule has 0 fully saturated rings. The highest BCUT2D eigenvalue weighted by atomic mass is 16.5. The van der Waals surface area contributed by atoms with Crippen molar-refractivity contribution in [2.24, 2.45) is 0 Å². The summed E-state index contributed by atoms with van der Waals surface area (Å²) in [7, 11) is 1.59. The van der Waals surface area contributed by atoms with Gasteiger partial charge in [-0.05, 0) is 46.7 Å². The third kappa shape index (κ3) is 15.0. The number of carbonyl (C=O) groups excluding carboxylic acids is 1. The summed E-state index contributed by atoms with van der Waals surface area (Å²) < 4.78 is 4.55. The van der Waals surface area contributed by atoms with Gasteiger partial charge in [0.25, 0.3) is 6.47 Å². The molecule has 7 nitrogen and oxygen atoms in total. The maximum atomic E-state index is 10.6. The standard InChI is InChI=1S/C10H19NO4.C5H10O2/c1-3-10(14,15)7-5-4-6-8(11-2)9(12)13;1-5(2,3)7-4-6/h3,8,11,14-15H,1,4-7H2,2H3,(H,12,13);4H,1-3H3. The van der Waals surface area contributed by atoms with E-state index in [4.69, 9.17) is 15.3 Å². The summed E-state index contributed by atoms with van der Waals surface area (Å²) in [6, 6.07) is -0.569. The zero-order chi connectivity index (χ0) is 17.8. The fourth-order valence-electron chi connectivity index (χ4n) is 1.37. The molecule has 1 atom stereocenters. The minimum absolute atomic E-state index is 0.173. The molecule has 0 amide bonds. The second kappa shape index (κ2) is 11.2. The number of rotatable bonds is 9. The van der Waals surface area contributed by atoms with Crippen LogP contribution in [0, 0.1) is 0 Å². The van der Waals surface area contributed by atoms with Crippen LogP contribution in [-0.4, -0.2) is 52.2 Å². The van der Waals surface area contributed by atoms with Crippen molar-refractivity contribution in [1.82, 2.24) is 5.32 Å². The molecule has 0 saturated carbocycles. The second-order valence-corrected chi connectivity index (χ2v) is 5.83. The van der Waals surface area contributed by atoms with Gasteiger partial charge in [-0.3, -0.25) is 9.59 Å². The van der Waals surface area contributed by atoms with E-state index < -0.39 is 17.8 Å². The van der Waals surface area contributed by atoms with E-state index in [0.29, 0.717) is 25.7 Å². The first-order valence-electron chi connectivity index (χ1n) is 7.09. The first-order valence-corrected chi connectivity index (χ1v) is 7.09. The Hall–Kier alpha value is -1.44. The summed E-state index contributed by atoms with van der Waals surface area (Å²) in [4.78, 5) is 20.2. The molecule has 4 N–H and O–H groups in total. The summed E-state index contributed by atoms with van der Waals surface area (Å²) in [6.45, 7) is 9.20. The predicted molar refractivity (Wildman–Crippen MR) is 83.2 cm³/mol. The summed E-state index contributed by atoms with van der Waals surface area (Å²) in [5.41, 5.74) is -0.318. The van der Waals surface area contributed by atoms with Crippen LogP contribution in [0.1, 0.15) is 46.5 Å². The molecule has 0 aliphatic heterocycles. The summed E-state index contributed by atoms with van der Waals surface area (Å²) in [5, 5.41) is 29.7. The van der Waals surface area contributed by atoms with Crippen LogP contribution < -0.4 is 5.32 Å². The van der Waals surface area contributed by atoms with E-state index in [-0.39, 0.29) is 12.0 Å². The number of nitrogens with one attached hydrogen (secondary N) is 1. The molecule has 0 aliphatic carbocycles. The lowest BCUT2D eigenvalue weighted by Crippen LogP contribution is -2.33. The van der Waals surface area contributed by atoms with Gasteiger partial charge in [-0.25, -0.2) is 0 Å². The molecule has 0 saturated heterocycles. The maximum absolute atomic E-state index is 10.6. The number of hydrogen-bond acceptors (Lipinski definition) is 6. The van der Waals surface area contributed by atoms with Gasteiger partial charge in [0.1, 0.15) is 11.6 Å². The van der Waals surface area contributed by atoms with Crippen LogP contribution in [0.4, 0.5) is 0 Å². The monoisotopic (exact) mass is 319 g/mol. The van der Waals surface area contributed by atoms with Gasteiger partial charge in [0.05, 0.1) is 0 Å². The molecule has 130 valence electrons. The molecular formula is C15H29NO6. The van der Waals surface area contributed by atoms with Crippen LogP contribution in [-0.2, 0) is 14.3 Å². The minimum atomic E-state index is -1.83. The van der Waals surface area contributed by atoms with Crippen molar-refractivity contribution in [3.05, 3.63) is 12.7 Å². The van der Waals surface area contributed by atoms with Crippen molar-refractivity contribution in [3.8, 4) is 0 Å². The fraction of sp³-hybridized carbons (Fsp3) is 0.733. The molecule has 0 spiro atoms. The van der Waals surface area contributed by atoms with Gasteiger partial charge in [0.15, 0.2) is 5.79 Å². The van der Waals surface area contributed by atoms with Gasteiger partial charge in [-0.15, -0.1) is 0 Å². The third-order valence-electron chi connectivity index (χ3n) is 2.66. The SMILES string of the molecule is C=CC(O)(O)CCCCC(NC)C(=O)O.CC(C)(C)OC=O. The van der Waals surface area contributed by atoms with Gasteiger partial charge < -0.3 is 25.4 Å². The third-order valence-corrected chi connectivity index (χ3v) is 2.66. The van der Waals surface area contributed by atoms with E-state index in [1.54, 1.807) is 7.05 Å². The molecule has 0 heterocycles. The van der Waals surface area contributed by atoms with Gasteiger partial charge in [0, 0.05) is 6.42 Å². The predicted octanol–water partition coefficient (Wildman–Crippen LogP) is 1.04. The number of carbonyl (C=O) groups is 2. The molecule has 1 unspecified atom stereocenters. The Kier molecular flexibility index (Phi) is 11.6. The smallest absolute Gasteiger partial charge is 0.320 e. The van der Waals surface area contributed by atoms with Crippen molar-refractivity contribution >= 4 is 12.4 Å². The van der Waals surface area contributed by atoms with Gasteiger partial charge in [-0.1, -0.05) is 13.0 Å². The van der Waals surface area contributed by atoms with Crippen LogP contribution in [0.15, 0.2) is 12.7 Å². The number of carboxylic acids is 1. The molecule has 0 radical (unpaired) electrons. The number of unbranched alkanes of at least 4 members (excludes halogenated alkanes) is 1. The Morgan fingerprint density at radius 3 is 2.14 bits per heavy atom. The van der Waals surface area contributed by atoms with E-state index >= 15 is 0 Å². The van der Waals surface area contributed by atoms with Gasteiger partial charge in [-0.2, -0.15) is 0 Å². The first-order chi connectivity index (χ1) is 9.99. The molecule has 0 aromatic heterocycles. The minimum Gasteiger partial charge on any atom is -0.480 e. The Labute approximate surface area is 132 Å². The number of hydrogen-bond donors (Lipinski definition) is 4. The normalized spacial score (nSPS) is 12.6. The molecule has 0 rings (SSSR count). The van der Waals surface area contributed by atoms with Crippen molar-refractivity contribution in [3.63, 3.8) is 0 Å². The van der Waals surface area contributed by atoms with E-state index in [0.717, 1.165) is 6.08 Å². The maximum Gasteiger partial charge on any atom is 0.320 e. The lowest BCUT2D eigenvalue weighted by atomic mass is 10.0. The Bertz CT molecular complexity index is 335. The van der Waals surface area contributed by atoms with E-state index in [2.05, 4.69) is 16.6 Å². The molecule has 0 aliphatic rings. The van der Waals surface area contributed by atoms with Gasteiger partial charge in [0.2, 0.25) is 0 Å². The van der Waals surface area contributed by atoms with Crippen molar-refractivity contribution in [1.29, 1.82) is 0 Å². The lowest BCUT2D eigenvalue weighted by Gasteiger charge is -2.17. The highest BCUT2D eigenvalue weighted by molar-refractivity contribution is 5.73. The molecule has 0 aromatic rings. The van der Waals surface area contributed by atoms with Crippen LogP contribution in [0.3, 0.4) is 0 Å². The van der Waals surface area contributed by atoms with Crippen LogP contribution >= 0.6 is 0 Å². The number of carboxylic acid groups (broad SMARTS) is 1. The number of likely N-dealkylation sites (N-methyl/N-ethyl adjacent to an activating group) is 1. The lowest BCUT2D eigenvalue weighted by molar-refractivity contribution is -0.140. The molecule has 22 heavy (non-hydrogen) atoms. The second-order valence-electron chi connectivity index (χ2n) is 5.83. The zero-order valence-electron chi connectivity index (χ0n) is 13.8. The Morgan fingerprint density at radius 2 is 1.86 bits per heavy atom. The highest BCUT2D eigenvalue weighted by Gasteiger charge is 2.18. The molecule has 0 bridgehead atoms. The van der Waals surface area contributed by atoms with Gasteiger partial charge >= 0.3 is 5.97 Å². The van der Waals surface area contributed by atoms with E-state index in [1.807, 2.05) is 20.8 Å². The number of aliphatic carboxylic acids is 1. The van der Waals surface area contributed by atoms with Crippen LogP contribution in [0.5, 0.6) is 0 Å². The zero-order valence-corrected chi connectivity index (χ0v) is 13.8. The Morgan fingerprint density at radius 1 is 1.32 bits per heavy atom. The average molecular weight is 319 g/mol. The van der Waals surface area contributed by atoms with Crippen LogP contribution in [0.25, 0.3) is 0 Å². The summed E-state index contributed by atoms with van der Waals surface area (Å²) in [6.07, 6.45) is 2.88. The number of aliphatic hydroxyl groups is 2. The molecule has 7 heteroatoms. The van der Waals surface area contributed by atoms with Crippen molar-refractivity contribution in [2.45, 2.75) is 63.9 Å². The topological polar surface area (TPSA) is 116 Å². The van der Waals surface area contributed by atoms with E-state index in [9.17, 15) is 9.59 Å². The largest absolute Gasteiger partial charge is 0.480 e. The summed E-state index contributed by atoms with van der Waals surface area (Å²) >= 11 is 0. The quantitative estimate of drug-likeness (QED) is 0.217. The van der Waals surface area contributed by atoms with Crippen LogP contribution in [0.2, 0.25) is 0 Å². The average Bonchev–Trinajstić information content (AvgIpc) is 2.37. The van der Waals surface area contributed by atoms with Crippen molar-refractivity contribution < 1.29 is 29.6 Å².